The zero-order valence-corrected chi connectivity index (χ0v) is 20.8. The highest BCUT2D eigenvalue weighted by atomic mass is 16.5. The summed E-state index contributed by atoms with van der Waals surface area (Å²) >= 11 is 0. The van der Waals surface area contributed by atoms with Crippen LogP contribution in [0.1, 0.15) is 48.8 Å². The fourth-order valence-electron chi connectivity index (χ4n) is 5.51. The van der Waals surface area contributed by atoms with Crippen molar-refractivity contribution in [3.05, 3.63) is 71.3 Å². The minimum absolute atomic E-state index is 0.0776. The summed E-state index contributed by atoms with van der Waals surface area (Å²) < 4.78 is 11.0. The highest BCUT2D eigenvalue weighted by molar-refractivity contribution is 6.07. The van der Waals surface area contributed by atoms with Gasteiger partial charge in [0.15, 0.2) is 11.5 Å². The number of hydrogen-bond acceptors (Lipinski definition) is 5. The molecule has 2 aromatic carbocycles. The van der Waals surface area contributed by atoms with Gasteiger partial charge in [-0.3, -0.25) is 9.69 Å². The molecule has 184 valence electrons. The van der Waals surface area contributed by atoms with E-state index in [0.717, 1.165) is 36.2 Å². The first-order valence-corrected chi connectivity index (χ1v) is 12.7. The molecule has 0 aromatic heterocycles. The van der Waals surface area contributed by atoms with E-state index in [1.165, 1.54) is 37.9 Å². The molecule has 0 saturated carbocycles. The third-order valence-corrected chi connectivity index (χ3v) is 7.47. The van der Waals surface area contributed by atoms with E-state index in [0.29, 0.717) is 18.0 Å². The number of hydrazone groups is 1. The Kier molecular flexibility index (Phi) is 7.19. The molecular formula is C29H35N3O3. The molecule has 0 N–H and O–H groups in total. The molecule has 1 amide bonds. The van der Waals surface area contributed by atoms with E-state index in [4.69, 9.17) is 14.6 Å². The fourth-order valence-corrected chi connectivity index (χ4v) is 5.51. The molecule has 2 heterocycles. The first kappa shape index (κ1) is 23.6. The van der Waals surface area contributed by atoms with Gasteiger partial charge in [0.25, 0.3) is 0 Å². The molecule has 2 aliphatic heterocycles. The molecule has 1 saturated heterocycles. The number of likely N-dealkylation sites (tertiary alicyclic amines) is 1. The highest BCUT2D eigenvalue weighted by Crippen LogP contribution is 2.37. The number of rotatable bonds is 7. The molecule has 0 spiro atoms. The van der Waals surface area contributed by atoms with Gasteiger partial charge in [-0.05, 0) is 68.1 Å². The van der Waals surface area contributed by atoms with Crippen LogP contribution in [0.25, 0.3) is 0 Å². The summed E-state index contributed by atoms with van der Waals surface area (Å²) in [6.45, 7) is 3.86. The van der Waals surface area contributed by atoms with Gasteiger partial charge in [-0.1, -0.05) is 42.8 Å². The summed E-state index contributed by atoms with van der Waals surface area (Å²) in [6.07, 6.45) is 9.82. The Morgan fingerprint density at radius 3 is 2.17 bits per heavy atom. The van der Waals surface area contributed by atoms with Gasteiger partial charge in [-0.15, -0.1) is 0 Å². The zero-order chi connectivity index (χ0) is 24.2. The predicted octanol–water partition coefficient (Wildman–Crippen LogP) is 5.02. The van der Waals surface area contributed by atoms with Gasteiger partial charge in [0.2, 0.25) is 5.91 Å². The van der Waals surface area contributed by atoms with Crippen molar-refractivity contribution in [1.29, 1.82) is 0 Å². The Balaban J connectivity index is 1.38. The van der Waals surface area contributed by atoms with Crippen molar-refractivity contribution in [2.24, 2.45) is 16.9 Å². The van der Waals surface area contributed by atoms with Crippen molar-refractivity contribution in [2.75, 3.05) is 27.3 Å². The van der Waals surface area contributed by atoms with Gasteiger partial charge < -0.3 is 9.47 Å². The quantitative estimate of drug-likeness (QED) is 0.530. The zero-order valence-electron chi connectivity index (χ0n) is 20.8. The average Bonchev–Trinajstić information content (AvgIpc) is 2.91. The SMILES string of the molecule is COc1ccc(C2=NN(Cc3ccc(CN4CCCCC4)cc3)C(=O)C3CC=CCC23)cc1OC. The minimum Gasteiger partial charge on any atom is -0.493 e. The van der Waals surface area contributed by atoms with E-state index >= 15 is 0 Å². The largest absolute Gasteiger partial charge is 0.493 e. The van der Waals surface area contributed by atoms with Gasteiger partial charge in [-0.25, -0.2) is 5.01 Å². The number of benzene rings is 2. The number of hydrogen-bond donors (Lipinski definition) is 0. The molecule has 0 bridgehead atoms. The Labute approximate surface area is 208 Å². The number of piperidine rings is 1. The summed E-state index contributed by atoms with van der Waals surface area (Å²) in [7, 11) is 3.27. The van der Waals surface area contributed by atoms with Crippen LogP contribution in [0.15, 0.2) is 59.7 Å². The maximum atomic E-state index is 13.4. The minimum atomic E-state index is -0.0843. The molecular weight excluding hydrogens is 438 g/mol. The highest BCUT2D eigenvalue weighted by Gasteiger charge is 2.40. The molecule has 0 radical (unpaired) electrons. The normalized spacial score (nSPS) is 22.5. The second-order valence-corrected chi connectivity index (χ2v) is 9.76. The van der Waals surface area contributed by atoms with E-state index in [-0.39, 0.29) is 17.7 Å². The number of ether oxygens (including phenoxy) is 2. The Bertz CT molecular complexity index is 1100. The first-order chi connectivity index (χ1) is 17.2. The molecule has 6 nitrogen and oxygen atoms in total. The second-order valence-electron chi connectivity index (χ2n) is 9.76. The lowest BCUT2D eigenvalue weighted by Gasteiger charge is -2.37. The molecule has 1 fully saturated rings. The van der Waals surface area contributed by atoms with Crippen LogP contribution in [0.3, 0.4) is 0 Å². The van der Waals surface area contributed by atoms with Crippen LogP contribution in [-0.2, 0) is 17.9 Å². The maximum absolute atomic E-state index is 13.4. The molecule has 2 aromatic rings. The molecule has 2 atom stereocenters. The smallest absolute Gasteiger partial charge is 0.247 e. The number of amides is 1. The average molecular weight is 474 g/mol. The molecule has 1 aliphatic carbocycles. The summed E-state index contributed by atoms with van der Waals surface area (Å²) in [5.41, 5.74) is 4.34. The Morgan fingerprint density at radius 2 is 1.49 bits per heavy atom. The van der Waals surface area contributed by atoms with E-state index in [1.807, 2.05) is 18.2 Å². The van der Waals surface area contributed by atoms with E-state index in [2.05, 4.69) is 41.3 Å². The van der Waals surface area contributed by atoms with Crippen molar-refractivity contribution in [3.63, 3.8) is 0 Å². The van der Waals surface area contributed by atoms with Gasteiger partial charge in [0.1, 0.15) is 0 Å². The lowest BCUT2D eigenvalue weighted by Crippen LogP contribution is -2.45. The number of methoxy groups -OCH3 is 2. The van der Waals surface area contributed by atoms with Crippen molar-refractivity contribution >= 4 is 11.6 Å². The van der Waals surface area contributed by atoms with Crippen molar-refractivity contribution in [2.45, 2.75) is 45.2 Å². The Hall–Kier alpha value is -3.12. The van der Waals surface area contributed by atoms with Gasteiger partial charge >= 0.3 is 0 Å². The summed E-state index contributed by atoms with van der Waals surface area (Å²) in [5.74, 6) is 1.46. The molecule has 3 aliphatic rings. The van der Waals surface area contributed by atoms with Crippen LogP contribution in [0.5, 0.6) is 11.5 Å². The number of carbonyl (C=O) groups is 1. The lowest BCUT2D eigenvalue weighted by atomic mass is 9.76. The van der Waals surface area contributed by atoms with Crippen LogP contribution in [0, 0.1) is 11.8 Å². The molecule has 5 rings (SSSR count). The van der Waals surface area contributed by atoms with Crippen LogP contribution in [0.4, 0.5) is 0 Å². The topological polar surface area (TPSA) is 54.4 Å². The molecule has 6 heteroatoms. The van der Waals surface area contributed by atoms with Crippen LogP contribution in [-0.4, -0.2) is 48.8 Å². The monoisotopic (exact) mass is 473 g/mol. The molecule has 2 unspecified atom stereocenters. The van der Waals surface area contributed by atoms with E-state index < -0.39 is 0 Å². The van der Waals surface area contributed by atoms with E-state index in [1.54, 1.807) is 19.2 Å². The van der Waals surface area contributed by atoms with Crippen molar-refractivity contribution in [1.82, 2.24) is 9.91 Å². The standard InChI is InChI=1S/C29H35N3O3/c1-34-26-15-14-23(18-27(26)35-2)28-24-8-4-5-9-25(24)29(33)32(30-28)20-22-12-10-21(11-13-22)19-31-16-6-3-7-17-31/h4-5,10-15,18,24-25H,3,6-9,16-17,19-20H2,1-2H3. The van der Waals surface area contributed by atoms with Gasteiger partial charge in [0.05, 0.1) is 32.4 Å². The second kappa shape index (κ2) is 10.6. The number of fused-ring (bicyclic) bond motifs is 1. The van der Waals surface area contributed by atoms with Crippen molar-refractivity contribution in [3.8, 4) is 11.5 Å². The van der Waals surface area contributed by atoms with Gasteiger partial charge in [-0.2, -0.15) is 5.10 Å². The van der Waals surface area contributed by atoms with Crippen LogP contribution < -0.4 is 9.47 Å². The number of allylic oxidation sites excluding steroid dienone is 2. The number of carbonyl (C=O) groups excluding carboxylic acids is 1. The summed E-state index contributed by atoms with van der Waals surface area (Å²) in [4.78, 5) is 16.0. The lowest BCUT2D eigenvalue weighted by molar-refractivity contribution is -0.138. The first-order valence-electron chi connectivity index (χ1n) is 12.7. The predicted molar refractivity (Wildman–Crippen MR) is 138 cm³/mol. The summed E-state index contributed by atoms with van der Waals surface area (Å²) in [6, 6.07) is 14.6. The number of nitrogens with zero attached hydrogens (tertiary/aromatic N) is 3. The summed E-state index contributed by atoms with van der Waals surface area (Å²) in [5, 5.41) is 6.59. The Morgan fingerprint density at radius 1 is 0.829 bits per heavy atom. The van der Waals surface area contributed by atoms with Crippen LogP contribution >= 0.6 is 0 Å². The van der Waals surface area contributed by atoms with E-state index in [9.17, 15) is 4.79 Å². The third kappa shape index (κ3) is 5.13. The van der Waals surface area contributed by atoms with Crippen LogP contribution in [0.2, 0.25) is 0 Å². The van der Waals surface area contributed by atoms with Crippen molar-refractivity contribution < 1.29 is 14.3 Å². The maximum Gasteiger partial charge on any atom is 0.247 e. The third-order valence-electron chi connectivity index (χ3n) is 7.47. The van der Waals surface area contributed by atoms with Gasteiger partial charge in [0, 0.05) is 18.0 Å². The fraction of sp³-hybridized carbons (Fsp3) is 0.448. The molecule has 35 heavy (non-hydrogen) atoms.